The highest BCUT2D eigenvalue weighted by atomic mass is 16.3. The quantitative estimate of drug-likeness (QED) is 0.684. The fourth-order valence-electron chi connectivity index (χ4n) is 1.67. The van der Waals surface area contributed by atoms with Crippen LogP contribution >= 0.6 is 0 Å². The van der Waals surface area contributed by atoms with E-state index in [1.54, 1.807) is 6.07 Å². The largest absolute Gasteiger partial charge is 0.394 e. The minimum Gasteiger partial charge on any atom is -0.394 e. The van der Waals surface area contributed by atoms with Crippen molar-refractivity contribution >= 4 is 0 Å². The minimum absolute atomic E-state index is 0.0648. The van der Waals surface area contributed by atoms with Gasteiger partial charge in [-0.3, -0.25) is 0 Å². The summed E-state index contributed by atoms with van der Waals surface area (Å²) in [7, 11) is 0. The predicted molar refractivity (Wildman–Crippen MR) is 51.0 cm³/mol. The summed E-state index contributed by atoms with van der Waals surface area (Å²) in [5.41, 5.74) is 0. The Bertz CT molecular complexity index is 147. The van der Waals surface area contributed by atoms with Crippen LogP contribution in [-0.2, 0) is 0 Å². The summed E-state index contributed by atoms with van der Waals surface area (Å²) < 4.78 is 0. The Morgan fingerprint density at radius 3 is 2.23 bits per heavy atom. The standard InChI is InChI=1S/C8H16O2.C2H3N/c9-6-8(10)7-4-2-1-3-5-7;1-2-3/h7-10H,1-6H2;1H3. The van der Waals surface area contributed by atoms with Crippen LogP contribution in [0.4, 0.5) is 0 Å². The van der Waals surface area contributed by atoms with Gasteiger partial charge in [0.2, 0.25) is 0 Å². The summed E-state index contributed by atoms with van der Waals surface area (Å²) in [6.45, 7) is 1.37. The van der Waals surface area contributed by atoms with Crippen molar-refractivity contribution < 1.29 is 10.2 Å². The second-order valence-electron chi connectivity index (χ2n) is 3.37. The normalized spacial score (nSPS) is 19.5. The first-order chi connectivity index (χ1) is 6.26. The van der Waals surface area contributed by atoms with E-state index in [0.29, 0.717) is 5.92 Å². The van der Waals surface area contributed by atoms with Crippen LogP contribution in [0.15, 0.2) is 0 Å². The number of nitrogens with zero attached hydrogens (tertiary/aromatic N) is 1. The van der Waals surface area contributed by atoms with E-state index in [0.717, 1.165) is 12.8 Å². The first kappa shape index (κ1) is 12.4. The molecule has 2 N–H and O–H groups in total. The van der Waals surface area contributed by atoms with Crippen molar-refractivity contribution in [3.8, 4) is 6.07 Å². The van der Waals surface area contributed by atoms with E-state index in [2.05, 4.69) is 0 Å². The molecule has 0 aromatic carbocycles. The van der Waals surface area contributed by atoms with Gasteiger partial charge in [0.15, 0.2) is 0 Å². The molecule has 1 aliphatic carbocycles. The zero-order valence-electron chi connectivity index (χ0n) is 8.24. The van der Waals surface area contributed by atoms with Crippen LogP contribution in [0.25, 0.3) is 0 Å². The van der Waals surface area contributed by atoms with E-state index in [1.165, 1.54) is 26.2 Å². The lowest BCUT2D eigenvalue weighted by Gasteiger charge is -2.24. The maximum atomic E-state index is 9.23. The van der Waals surface area contributed by atoms with Crippen molar-refractivity contribution in [2.24, 2.45) is 5.92 Å². The van der Waals surface area contributed by atoms with Gasteiger partial charge in [0.1, 0.15) is 0 Å². The SMILES string of the molecule is CC#N.OCC(O)C1CCCCC1. The van der Waals surface area contributed by atoms with Gasteiger partial charge in [-0.15, -0.1) is 0 Å². The zero-order valence-corrected chi connectivity index (χ0v) is 8.24. The van der Waals surface area contributed by atoms with E-state index >= 15 is 0 Å². The second-order valence-corrected chi connectivity index (χ2v) is 3.37. The van der Waals surface area contributed by atoms with Gasteiger partial charge in [-0.1, -0.05) is 19.3 Å². The summed E-state index contributed by atoms with van der Waals surface area (Å²) >= 11 is 0. The lowest BCUT2D eigenvalue weighted by atomic mass is 9.85. The number of rotatable bonds is 2. The molecule has 0 spiro atoms. The molecule has 1 atom stereocenters. The second kappa shape index (κ2) is 8.03. The summed E-state index contributed by atoms with van der Waals surface area (Å²) in [6.07, 6.45) is 5.49. The van der Waals surface area contributed by atoms with Crippen molar-refractivity contribution in [2.45, 2.75) is 45.1 Å². The minimum atomic E-state index is -0.458. The topological polar surface area (TPSA) is 64.2 Å². The molecular formula is C10H19NO2. The Hall–Kier alpha value is -0.590. The highest BCUT2D eigenvalue weighted by molar-refractivity contribution is 4.71. The average Bonchev–Trinajstić information content (AvgIpc) is 2.19. The summed E-state index contributed by atoms with van der Waals surface area (Å²) in [6, 6.07) is 1.75. The molecule has 0 saturated heterocycles. The lowest BCUT2D eigenvalue weighted by Crippen LogP contribution is -2.25. The molecule has 1 saturated carbocycles. The maximum absolute atomic E-state index is 9.23. The number of hydrogen-bond donors (Lipinski definition) is 2. The molecule has 1 unspecified atom stereocenters. The molecule has 0 aromatic heterocycles. The molecule has 0 radical (unpaired) electrons. The Balaban J connectivity index is 0.000000424. The molecule has 1 aliphatic rings. The van der Waals surface area contributed by atoms with Gasteiger partial charge in [-0.05, 0) is 18.8 Å². The van der Waals surface area contributed by atoms with E-state index < -0.39 is 6.10 Å². The van der Waals surface area contributed by atoms with Crippen molar-refractivity contribution in [3.63, 3.8) is 0 Å². The fraction of sp³-hybridized carbons (Fsp3) is 0.900. The van der Waals surface area contributed by atoms with Gasteiger partial charge in [0, 0.05) is 6.92 Å². The van der Waals surface area contributed by atoms with Gasteiger partial charge in [-0.25, -0.2) is 0 Å². The van der Waals surface area contributed by atoms with E-state index in [-0.39, 0.29) is 6.61 Å². The summed E-state index contributed by atoms with van der Waals surface area (Å²) in [5, 5.41) is 25.2. The predicted octanol–water partition coefficient (Wildman–Crippen LogP) is 1.45. The van der Waals surface area contributed by atoms with Crippen LogP contribution in [0.2, 0.25) is 0 Å². The molecular weight excluding hydrogens is 166 g/mol. The first-order valence-electron chi connectivity index (χ1n) is 4.86. The molecule has 0 bridgehead atoms. The molecule has 0 amide bonds. The van der Waals surface area contributed by atoms with Crippen LogP contribution in [0.5, 0.6) is 0 Å². The molecule has 1 rings (SSSR count). The van der Waals surface area contributed by atoms with Gasteiger partial charge >= 0.3 is 0 Å². The lowest BCUT2D eigenvalue weighted by molar-refractivity contribution is 0.0325. The smallest absolute Gasteiger partial charge is 0.0799 e. The molecule has 76 valence electrons. The van der Waals surface area contributed by atoms with Crippen molar-refractivity contribution in [1.29, 1.82) is 5.26 Å². The number of aliphatic hydroxyl groups is 2. The molecule has 0 aromatic rings. The van der Waals surface area contributed by atoms with Crippen LogP contribution < -0.4 is 0 Å². The molecule has 1 fully saturated rings. The fourth-order valence-corrected chi connectivity index (χ4v) is 1.67. The van der Waals surface area contributed by atoms with E-state index in [4.69, 9.17) is 10.4 Å². The molecule has 3 nitrogen and oxygen atoms in total. The summed E-state index contributed by atoms with van der Waals surface area (Å²) in [4.78, 5) is 0. The Morgan fingerprint density at radius 2 is 1.85 bits per heavy atom. The Labute approximate surface area is 80.0 Å². The number of nitriles is 1. The maximum Gasteiger partial charge on any atom is 0.0799 e. The van der Waals surface area contributed by atoms with E-state index in [1.807, 2.05) is 0 Å². The van der Waals surface area contributed by atoms with Crippen molar-refractivity contribution in [1.82, 2.24) is 0 Å². The van der Waals surface area contributed by atoms with Crippen molar-refractivity contribution in [2.75, 3.05) is 6.61 Å². The molecule has 13 heavy (non-hydrogen) atoms. The van der Waals surface area contributed by atoms with Crippen LogP contribution in [0, 0.1) is 17.2 Å². The number of hydrogen-bond acceptors (Lipinski definition) is 3. The van der Waals surface area contributed by atoms with Gasteiger partial charge in [0.25, 0.3) is 0 Å². The molecule has 0 aliphatic heterocycles. The van der Waals surface area contributed by atoms with Crippen LogP contribution in [-0.4, -0.2) is 22.9 Å². The van der Waals surface area contributed by atoms with Crippen LogP contribution in [0.3, 0.4) is 0 Å². The third kappa shape index (κ3) is 5.62. The highest BCUT2D eigenvalue weighted by Gasteiger charge is 2.20. The first-order valence-corrected chi connectivity index (χ1v) is 4.86. The van der Waals surface area contributed by atoms with Crippen LogP contribution in [0.1, 0.15) is 39.0 Å². The third-order valence-electron chi connectivity index (χ3n) is 2.38. The van der Waals surface area contributed by atoms with Crippen molar-refractivity contribution in [3.05, 3.63) is 0 Å². The zero-order chi connectivity index (χ0) is 10.1. The van der Waals surface area contributed by atoms with Gasteiger partial charge in [0.05, 0.1) is 18.8 Å². The summed E-state index contributed by atoms with van der Waals surface area (Å²) in [5.74, 6) is 0.374. The number of aliphatic hydroxyl groups excluding tert-OH is 2. The van der Waals surface area contributed by atoms with Gasteiger partial charge in [-0.2, -0.15) is 5.26 Å². The van der Waals surface area contributed by atoms with Gasteiger partial charge < -0.3 is 10.2 Å². The van der Waals surface area contributed by atoms with E-state index in [9.17, 15) is 5.11 Å². The molecule has 3 heteroatoms. The monoisotopic (exact) mass is 185 g/mol. The average molecular weight is 185 g/mol. The third-order valence-corrected chi connectivity index (χ3v) is 2.38. The Kier molecular flexibility index (Phi) is 7.66. The highest BCUT2D eigenvalue weighted by Crippen LogP contribution is 2.25. The molecule has 0 heterocycles. The Morgan fingerprint density at radius 1 is 1.38 bits per heavy atom.